The van der Waals surface area contributed by atoms with Crippen molar-refractivity contribution in [2.75, 3.05) is 0 Å². The van der Waals surface area contributed by atoms with E-state index in [0.717, 1.165) is 19.3 Å². The fourth-order valence-corrected chi connectivity index (χ4v) is 7.47. The van der Waals surface area contributed by atoms with Crippen LogP contribution in [0, 0.1) is 52.8 Å². The molecule has 0 aromatic carbocycles. The first kappa shape index (κ1) is 18.0. The molecule has 0 N–H and O–H groups in total. The fourth-order valence-electron chi connectivity index (χ4n) is 7.47. The van der Waals surface area contributed by atoms with Crippen LogP contribution in [0.5, 0.6) is 0 Å². The molecule has 0 spiro atoms. The largest absolute Gasteiger partial charge is 0.299 e. The molecule has 1 unspecified atom stereocenters. The molecule has 0 aromatic heterocycles. The number of terminal acetylenes is 1. The fraction of sp³-hybridized carbons (Fsp3) is 0.750. The molecule has 4 aliphatic rings. The van der Waals surface area contributed by atoms with Crippen molar-refractivity contribution in [1.29, 1.82) is 0 Å². The van der Waals surface area contributed by atoms with Crippen molar-refractivity contribution < 1.29 is 9.59 Å². The average molecular weight is 353 g/mol. The van der Waals surface area contributed by atoms with E-state index in [1.165, 1.54) is 24.8 Å². The lowest BCUT2D eigenvalue weighted by Gasteiger charge is -2.59. The number of carbonyl (C=O) groups excluding carboxylic acids is 2. The zero-order valence-corrected chi connectivity index (χ0v) is 16.5. The molecule has 2 heteroatoms. The smallest absolute Gasteiger partial charge is 0.155 e. The van der Waals surface area contributed by atoms with E-state index in [1.807, 2.05) is 13.0 Å². The van der Waals surface area contributed by atoms with Gasteiger partial charge in [0.1, 0.15) is 5.78 Å². The molecular weight excluding hydrogens is 320 g/mol. The summed E-state index contributed by atoms with van der Waals surface area (Å²) in [6.07, 6.45) is 15.6. The first-order valence-corrected chi connectivity index (χ1v) is 10.6. The summed E-state index contributed by atoms with van der Waals surface area (Å²) >= 11 is 0. The average Bonchev–Trinajstić information content (AvgIpc) is 2.97. The molecule has 0 heterocycles. The van der Waals surface area contributed by atoms with Crippen molar-refractivity contribution in [3.05, 3.63) is 11.6 Å². The number of hydrogen-bond acceptors (Lipinski definition) is 2. The van der Waals surface area contributed by atoms with Crippen molar-refractivity contribution >= 4 is 11.6 Å². The van der Waals surface area contributed by atoms with Crippen molar-refractivity contribution in [1.82, 2.24) is 0 Å². The predicted octanol–water partition coefficient (Wildman–Crippen LogP) is 4.97. The Morgan fingerprint density at radius 1 is 1.23 bits per heavy atom. The third-order valence-electron chi connectivity index (χ3n) is 8.94. The van der Waals surface area contributed by atoms with Gasteiger partial charge in [-0.05, 0) is 78.8 Å². The maximum Gasteiger partial charge on any atom is 0.155 e. The summed E-state index contributed by atoms with van der Waals surface area (Å²) in [5, 5.41) is 0. The van der Waals surface area contributed by atoms with E-state index in [2.05, 4.69) is 19.8 Å². The van der Waals surface area contributed by atoms with Gasteiger partial charge in [0, 0.05) is 24.7 Å². The molecule has 0 bridgehead atoms. The zero-order valence-electron chi connectivity index (χ0n) is 16.5. The highest BCUT2D eigenvalue weighted by molar-refractivity contribution is 5.94. The Balaban J connectivity index is 1.77. The lowest BCUT2D eigenvalue weighted by atomic mass is 9.44. The molecule has 0 aromatic rings. The second kappa shape index (κ2) is 6.08. The van der Waals surface area contributed by atoms with E-state index in [4.69, 9.17) is 6.42 Å². The minimum atomic E-state index is -0.0391. The summed E-state index contributed by atoms with van der Waals surface area (Å²) in [5.41, 5.74) is 1.46. The van der Waals surface area contributed by atoms with Gasteiger partial charge in [-0.2, -0.15) is 0 Å². The molecule has 3 fully saturated rings. The predicted molar refractivity (Wildman–Crippen MR) is 103 cm³/mol. The molecule has 4 aliphatic carbocycles. The van der Waals surface area contributed by atoms with Gasteiger partial charge in [-0.25, -0.2) is 0 Å². The standard InChI is InChI=1S/C24H32O2/c1-5-15-7-8-19-17-14-18(22(26)6-2)21-13-16(25)9-11-24(21,4)20(17)10-12-23(15,19)3/h1,13,15,17-20H,6-12,14H2,2-4H3/t15-,17-,18?,19-,20-,23+,24+/m0/s1. The molecule has 2 nitrogen and oxygen atoms in total. The minimum absolute atomic E-state index is 0.0296. The van der Waals surface area contributed by atoms with Gasteiger partial charge in [0.2, 0.25) is 0 Å². The molecule has 0 amide bonds. The minimum Gasteiger partial charge on any atom is -0.299 e. The van der Waals surface area contributed by atoms with Crippen LogP contribution in [0.3, 0.4) is 0 Å². The Morgan fingerprint density at radius 2 is 2.00 bits per heavy atom. The number of allylic oxidation sites excluding steroid dienone is 1. The maximum absolute atomic E-state index is 12.9. The highest BCUT2D eigenvalue weighted by Gasteiger charge is 2.60. The zero-order chi connectivity index (χ0) is 18.7. The third-order valence-corrected chi connectivity index (χ3v) is 8.94. The van der Waals surface area contributed by atoms with Crippen molar-refractivity contribution in [2.24, 2.45) is 40.4 Å². The van der Waals surface area contributed by atoms with E-state index in [0.29, 0.717) is 42.3 Å². The van der Waals surface area contributed by atoms with Crippen LogP contribution in [0.1, 0.15) is 72.1 Å². The molecular formula is C24H32O2. The van der Waals surface area contributed by atoms with Crippen LogP contribution >= 0.6 is 0 Å². The Bertz CT molecular complexity index is 710. The second-order valence-corrected chi connectivity index (χ2v) is 9.81. The quantitative estimate of drug-likeness (QED) is 0.657. The van der Waals surface area contributed by atoms with Crippen LogP contribution in [-0.4, -0.2) is 11.6 Å². The van der Waals surface area contributed by atoms with Crippen molar-refractivity contribution in [3.63, 3.8) is 0 Å². The molecule has 7 atom stereocenters. The van der Waals surface area contributed by atoms with Crippen LogP contribution in [-0.2, 0) is 9.59 Å². The van der Waals surface area contributed by atoms with E-state index in [9.17, 15) is 9.59 Å². The van der Waals surface area contributed by atoms with Crippen LogP contribution in [0.2, 0.25) is 0 Å². The van der Waals surface area contributed by atoms with Crippen molar-refractivity contribution in [2.45, 2.75) is 72.1 Å². The van der Waals surface area contributed by atoms with Crippen molar-refractivity contribution in [3.8, 4) is 12.3 Å². The molecule has 0 radical (unpaired) electrons. The van der Waals surface area contributed by atoms with Gasteiger partial charge in [0.25, 0.3) is 0 Å². The highest BCUT2D eigenvalue weighted by atomic mass is 16.1. The van der Waals surface area contributed by atoms with Gasteiger partial charge in [-0.1, -0.05) is 20.8 Å². The number of ketones is 2. The van der Waals surface area contributed by atoms with E-state index >= 15 is 0 Å². The van der Waals surface area contributed by atoms with E-state index in [-0.39, 0.29) is 22.5 Å². The summed E-state index contributed by atoms with van der Waals surface area (Å²) in [5.74, 6) is 5.84. The molecule has 0 aliphatic heterocycles. The number of carbonyl (C=O) groups is 2. The first-order valence-electron chi connectivity index (χ1n) is 10.6. The molecule has 140 valence electrons. The monoisotopic (exact) mass is 352 g/mol. The Hall–Kier alpha value is -1.36. The molecule has 3 saturated carbocycles. The van der Waals surface area contributed by atoms with Gasteiger partial charge in [0.05, 0.1) is 0 Å². The molecule has 4 rings (SSSR count). The van der Waals surface area contributed by atoms with Gasteiger partial charge < -0.3 is 0 Å². The van der Waals surface area contributed by atoms with Gasteiger partial charge >= 0.3 is 0 Å². The lowest BCUT2D eigenvalue weighted by molar-refractivity contribution is -0.128. The number of hydrogen-bond donors (Lipinski definition) is 0. The lowest BCUT2D eigenvalue weighted by Crippen LogP contribution is -2.53. The Kier molecular flexibility index (Phi) is 4.22. The SMILES string of the molecule is C#C[C@H]1CC[C@H]2[C@@H]3CC(C(=O)CC)C4=CC(=O)CC[C@]4(C)[C@H]3CC[C@]12C. The highest BCUT2D eigenvalue weighted by Crippen LogP contribution is 2.67. The summed E-state index contributed by atoms with van der Waals surface area (Å²) < 4.78 is 0. The maximum atomic E-state index is 12.9. The van der Waals surface area contributed by atoms with E-state index < -0.39 is 0 Å². The Morgan fingerprint density at radius 3 is 2.69 bits per heavy atom. The first-order chi connectivity index (χ1) is 12.3. The van der Waals surface area contributed by atoms with E-state index in [1.54, 1.807) is 0 Å². The van der Waals surface area contributed by atoms with Gasteiger partial charge in [-0.3, -0.25) is 9.59 Å². The van der Waals surface area contributed by atoms with Gasteiger partial charge in [0.15, 0.2) is 5.78 Å². The summed E-state index contributed by atoms with van der Waals surface area (Å²) in [7, 11) is 0. The van der Waals surface area contributed by atoms with Crippen LogP contribution in [0.15, 0.2) is 11.6 Å². The number of Topliss-reactive ketones (excluding diaryl/α,β-unsaturated/α-hetero) is 1. The summed E-state index contributed by atoms with van der Waals surface area (Å²) in [6.45, 7) is 6.74. The second-order valence-electron chi connectivity index (χ2n) is 9.81. The molecule has 26 heavy (non-hydrogen) atoms. The van der Waals surface area contributed by atoms with Crippen LogP contribution < -0.4 is 0 Å². The van der Waals surface area contributed by atoms with Crippen LogP contribution in [0.4, 0.5) is 0 Å². The molecule has 0 saturated heterocycles. The van der Waals surface area contributed by atoms with Gasteiger partial charge in [-0.15, -0.1) is 12.3 Å². The number of rotatable bonds is 2. The van der Waals surface area contributed by atoms with Crippen LogP contribution in [0.25, 0.3) is 0 Å². The third kappa shape index (κ3) is 2.32. The summed E-state index contributed by atoms with van der Waals surface area (Å²) in [4.78, 5) is 25.0. The topological polar surface area (TPSA) is 34.1 Å². The Labute approximate surface area is 158 Å². The normalized spacial score (nSPS) is 47.2. The number of fused-ring (bicyclic) bond motifs is 5. The summed E-state index contributed by atoms with van der Waals surface area (Å²) in [6, 6.07) is 0.